The van der Waals surface area contributed by atoms with Crippen LogP contribution < -0.4 is 10.6 Å². The molecular formula is C20H15N3O4S. The van der Waals surface area contributed by atoms with Gasteiger partial charge in [0.25, 0.3) is 5.69 Å². The lowest BCUT2D eigenvalue weighted by Crippen LogP contribution is -2.29. The fourth-order valence-electron chi connectivity index (χ4n) is 2.37. The molecule has 0 saturated carbocycles. The molecule has 0 aromatic heterocycles. The second kappa shape index (κ2) is 8.83. The molecule has 0 saturated heterocycles. The molecule has 7 nitrogen and oxygen atoms in total. The van der Waals surface area contributed by atoms with E-state index < -0.39 is 16.7 Å². The number of rotatable bonds is 5. The summed E-state index contributed by atoms with van der Waals surface area (Å²) in [6.07, 6.45) is 0. The Morgan fingerprint density at radius 1 is 0.750 bits per heavy atom. The number of nitro benzene ring substituents is 1. The zero-order valence-electron chi connectivity index (χ0n) is 14.5. The number of hydrogen-bond donors (Lipinski definition) is 2. The molecule has 2 N–H and O–H groups in total. The van der Waals surface area contributed by atoms with E-state index in [-0.39, 0.29) is 11.4 Å². The van der Waals surface area contributed by atoms with Gasteiger partial charge in [-0.3, -0.25) is 19.7 Å². The van der Waals surface area contributed by atoms with E-state index in [9.17, 15) is 19.7 Å². The maximum Gasteiger partial charge on any atom is 0.314 e. The fraction of sp³-hybridized carbons (Fsp3) is 0. The minimum absolute atomic E-state index is 0.0420. The van der Waals surface area contributed by atoms with Crippen molar-refractivity contribution in [1.29, 1.82) is 0 Å². The number of nitrogens with one attached hydrogen (secondary N) is 2. The molecule has 28 heavy (non-hydrogen) atoms. The molecule has 0 radical (unpaired) electrons. The van der Waals surface area contributed by atoms with Crippen LogP contribution in [0.5, 0.6) is 0 Å². The number of anilines is 2. The van der Waals surface area contributed by atoms with E-state index in [0.717, 1.165) is 9.79 Å². The molecule has 0 bridgehead atoms. The molecule has 3 rings (SSSR count). The highest BCUT2D eigenvalue weighted by Gasteiger charge is 2.20. The Labute approximate surface area is 164 Å². The van der Waals surface area contributed by atoms with Crippen LogP contribution in [0.3, 0.4) is 0 Å². The lowest BCUT2D eigenvalue weighted by molar-refractivity contribution is -0.383. The van der Waals surface area contributed by atoms with Gasteiger partial charge in [-0.05, 0) is 30.3 Å². The number of nitrogens with zero attached hydrogens (tertiary/aromatic N) is 1. The summed E-state index contributed by atoms with van der Waals surface area (Å²) in [5.41, 5.74) is 0.141. The molecule has 3 aromatic rings. The Hall–Kier alpha value is -3.65. The number of nitro groups is 1. The summed E-state index contributed by atoms with van der Waals surface area (Å²) in [5, 5.41) is 15.9. The van der Waals surface area contributed by atoms with Crippen molar-refractivity contribution in [3.8, 4) is 0 Å². The van der Waals surface area contributed by atoms with Gasteiger partial charge in [-0.2, -0.15) is 0 Å². The van der Waals surface area contributed by atoms with Crippen molar-refractivity contribution in [2.24, 2.45) is 0 Å². The molecule has 0 heterocycles. The summed E-state index contributed by atoms with van der Waals surface area (Å²) < 4.78 is 0. The van der Waals surface area contributed by atoms with Crippen LogP contribution in [0.2, 0.25) is 0 Å². The number of carbonyl (C=O) groups is 2. The normalized spacial score (nSPS) is 10.1. The molecule has 140 valence electrons. The molecule has 3 aromatic carbocycles. The molecule has 0 fully saturated rings. The van der Waals surface area contributed by atoms with Crippen molar-refractivity contribution in [2.45, 2.75) is 9.79 Å². The van der Waals surface area contributed by atoms with E-state index in [1.165, 1.54) is 36.0 Å². The third kappa shape index (κ3) is 4.74. The largest absolute Gasteiger partial charge is 0.317 e. The van der Waals surface area contributed by atoms with E-state index in [0.29, 0.717) is 5.69 Å². The average Bonchev–Trinajstić information content (AvgIpc) is 2.70. The first-order chi connectivity index (χ1) is 13.5. The highest BCUT2D eigenvalue weighted by atomic mass is 32.2. The van der Waals surface area contributed by atoms with Crippen molar-refractivity contribution in [2.75, 3.05) is 10.6 Å². The molecular weight excluding hydrogens is 378 g/mol. The van der Waals surface area contributed by atoms with Crippen molar-refractivity contribution in [3.63, 3.8) is 0 Å². The molecule has 0 aliphatic heterocycles. The van der Waals surface area contributed by atoms with E-state index >= 15 is 0 Å². The third-order valence-electron chi connectivity index (χ3n) is 3.66. The highest BCUT2D eigenvalue weighted by Crippen LogP contribution is 2.33. The maximum absolute atomic E-state index is 12.3. The number of carbonyl (C=O) groups excluding carboxylic acids is 2. The number of benzene rings is 3. The van der Waals surface area contributed by atoms with Crippen LogP contribution in [0.4, 0.5) is 17.1 Å². The first kappa shape index (κ1) is 19.1. The molecule has 0 unspecified atom stereocenters. The number of hydrogen-bond acceptors (Lipinski definition) is 5. The van der Waals surface area contributed by atoms with Crippen LogP contribution in [-0.4, -0.2) is 16.7 Å². The van der Waals surface area contributed by atoms with E-state index in [2.05, 4.69) is 10.6 Å². The fourth-order valence-corrected chi connectivity index (χ4v) is 3.29. The summed E-state index contributed by atoms with van der Waals surface area (Å²) in [6, 6.07) is 22.3. The van der Waals surface area contributed by atoms with E-state index in [1.54, 1.807) is 12.1 Å². The van der Waals surface area contributed by atoms with E-state index in [1.807, 2.05) is 42.5 Å². The van der Waals surface area contributed by atoms with Gasteiger partial charge in [0.05, 0.1) is 10.6 Å². The van der Waals surface area contributed by atoms with Gasteiger partial charge in [-0.25, -0.2) is 0 Å². The van der Waals surface area contributed by atoms with Gasteiger partial charge in [0.2, 0.25) is 0 Å². The summed E-state index contributed by atoms with van der Waals surface area (Å²) >= 11 is 1.44. The molecule has 8 heteroatoms. The molecule has 0 atom stereocenters. The van der Waals surface area contributed by atoms with Crippen molar-refractivity contribution >= 4 is 40.6 Å². The number of para-hydroxylation sites is 3. The second-order valence-electron chi connectivity index (χ2n) is 5.59. The Morgan fingerprint density at radius 3 is 1.96 bits per heavy atom. The Kier molecular flexibility index (Phi) is 6.03. The lowest BCUT2D eigenvalue weighted by atomic mass is 10.2. The minimum atomic E-state index is -0.992. The van der Waals surface area contributed by atoms with Crippen molar-refractivity contribution in [3.05, 3.63) is 89.0 Å². The van der Waals surface area contributed by atoms with Gasteiger partial charge in [-0.1, -0.05) is 54.2 Å². The zero-order chi connectivity index (χ0) is 19.9. The molecule has 0 aliphatic rings. The first-order valence-electron chi connectivity index (χ1n) is 8.22. The van der Waals surface area contributed by atoms with Crippen LogP contribution >= 0.6 is 11.8 Å². The highest BCUT2D eigenvalue weighted by molar-refractivity contribution is 7.99. The summed E-state index contributed by atoms with van der Waals surface area (Å²) in [5.74, 6) is -1.91. The van der Waals surface area contributed by atoms with E-state index in [4.69, 9.17) is 0 Å². The summed E-state index contributed by atoms with van der Waals surface area (Å²) in [6.45, 7) is 0. The Bertz CT molecular complexity index is 1020. The minimum Gasteiger partial charge on any atom is -0.317 e. The van der Waals surface area contributed by atoms with Gasteiger partial charge in [0.15, 0.2) is 0 Å². The van der Waals surface area contributed by atoms with Crippen LogP contribution in [0.25, 0.3) is 0 Å². The van der Waals surface area contributed by atoms with Gasteiger partial charge in [0, 0.05) is 15.9 Å². The standard InChI is InChI=1S/C20H15N3O4S/c24-19(21-15-10-4-6-12-17(15)23(26)27)20(25)22-16-11-5-7-13-18(16)28-14-8-2-1-3-9-14/h1-13H,(H,21,24)(H,22,25). The van der Waals surface area contributed by atoms with Crippen LogP contribution in [-0.2, 0) is 9.59 Å². The molecule has 0 aliphatic carbocycles. The predicted octanol–water partition coefficient (Wildman–Crippen LogP) is 4.32. The maximum atomic E-state index is 12.3. The first-order valence-corrected chi connectivity index (χ1v) is 9.04. The Morgan fingerprint density at radius 2 is 1.29 bits per heavy atom. The van der Waals surface area contributed by atoms with Crippen molar-refractivity contribution in [1.82, 2.24) is 0 Å². The molecule has 0 spiro atoms. The topological polar surface area (TPSA) is 101 Å². The third-order valence-corrected chi connectivity index (χ3v) is 4.75. The number of amides is 2. The van der Waals surface area contributed by atoms with Crippen molar-refractivity contribution < 1.29 is 14.5 Å². The second-order valence-corrected chi connectivity index (χ2v) is 6.71. The summed E-state index contributed by atoms with van der Waals surface area (Å²) in [7, 11) is 0. The van der Waals surface area contributed by atoms with Gasteiger partial charge >= 0.3 is 11.8 Å². The Balaban J connectivity index is 1.73. The molecule has 2 amide bonds. The van der Waals surface area contributed by atoms with Gasteiger partial charge in [0.1, 0.15) is 5.69 Å². The van der Waals surface area contributed by atoms with Crippen LogP contribution in [0, 0.1) is 10.1 Å². The van der Waals surface area contributed by atoms with Gasteiger partial charge in [-0.15, -0.1) is 0 Å². The average molecular weight is 393 g/mol. The van der Waals surface area contributed by atoms with Gasteiger partial charge < -0.3 is 10.6 Å². The van der Waals surface area contributed by atoms with Crippen LogP contribution in [0.1, 0.15) is 0 Å². The smallest absolute Gasteiger partial charge is 0.314 e. The quantitative estimate of drug-likeness (QED) is 0.382. The van der Waals surface area contributed by atoms with Crippen LogP contribution in [0.15, 0.2) is 88.7 Å². The predicted molar refractivity (Wildman–Crippen MR) is 107 cm³/mol. The lowest BCUT2D eigenvalue weighted by Gasteiger charge is -2.11. The zero-order valence-corrected chi connectivity index (χ0v) is 15.3. The monoisotopic (exact) mass is 393 g/mol. The summed E-state index contributed by atoms with van der Waals surface area (Å²) in [4.78, 5) is 36.7. The SMILES string of the molecule is O=C(Nc1ccccc1Sc1ccccc1)C(=O)Nc1ccccc1[N+](=O)[O-].